The summed E-state index contributed by atoms with van der Waals surface area (Å²) in [4.78, 5) is 16.7. The van der Waals surface area contributed by atoms with E-state index in [9.17, 15) is 13.2 Å². The van der Waals surface area contributed by atoms with Crippen molar-refractivity contribution in [2.45, 2.75) is 17.3 Å². The normalized spacial score (nSPS) is 12.7. The van der Waals surface area contributed by atoms with E-state index in [0.29, 0.717) is 5.69 Å². The number of hydrogen-bond acceptors (Lipinski definition) is 6. The second-order valence-corrected chi connectivity index (χ2v) is 10.0. The number of carbonyl (C=O) groups excluding carboxylic acids is 1. The van der Waals surface area contributed by atoms with Gasteiger partial charge in [0.25, 0.3) is 0 Å². The van der Waals surface area contributed by atoms with Gasteiger partial charge in [-0.2, -0.15) is 0 Å². The van der Waals surface area contributed by atoms with Crippen molar-refractivity contribution in [1.29, 1.82) is 0 Å². The number of amides is 1. The number of fused-ring (bicyclic) bond motifs is 1. The standard InChI is InChI=1S/C18H19N3O3S3/c1-12(13-6-4-3-5-7-13)19-17(22)11-25-18-20-15-9-8-14(10-16(15)26-18)21-27(2,23)24/h3-10,12,21H,11H2,1-2H3,(H,19,22). The van der Waals surface area contributed by atoms with Crippen LogP contribution in [0.3, 0.4) is 0 Å². The molecule has 0 saturated carbocycles. The van der Waals surface area contributed by atoms with Gasteiger partial charge in [0.2, 0.25) is 15.9 Å². The molecule has 0 bridgehead atoms. The number of thioether (sulfide) groups is 1. The van der Waals surface area contributed by atoms with Crippen LogP contribution in [0, 0.1) is 0 Å². The molecule has 9 heteroatoms. The molecule has 1 atom stereocenters. The van der Waals surface area contributed by atoms with Crippen molar-refractivity contribution in [3.63, 3.8) is 0 Å². The number of carbonyl (C=O) groups is 1. The zero-order valence-corrected chi connectivity index (χ0v) is 17.2. The maximum absolute atomic E-state index is 12.2. The Kier molecular flexibility index (Phi) is 6.03. The minimum Gasteiger partial charge on any atom is -0.349 e. The van der Waals surface area contributed by atoms with Crippen LogP contribution in [-0.2, 0) is 14.8 Å². The summed E-state index contributed by atoms with van der Waals surface area (Å²) < 4.78 is 26.8. The first kappa shape index (κ1) is 19.7. The second-order valence-electron chi connectivity index (χ2n) is 6.03. The van der Waals surface area contributed by atoms with Gasteiger partial charge in [0, 0.05) is 0 Å². The van der Waals surface area contributed by atoms with Gasteiger partial charge in [-0.3, -0.25) is 9.52 Å². The molecule has 2 N–H and O–H groups in total. The lowest BCUT2D eigenvalue weighted by atomic mass is 10.1. The number of hydrogen-bond donors (Lipinski definition) is 2. The number of rotatable bonds is 7. The van der Waals surface area contributed by atoms with E-state index in [-0.39, 0.29) is 17.7 Å². The molecule has 0 aliphatic heterocycles. The first-order valence-electron chi connectivity index (χ1n) is 8.16. The number of anilines is 1. The minimum absolute atomic E-state index is 0.0562. The highest BCUT2D eigenvalue weighted by Crippen LogP contribution is 2.31. The molecule has 142 valence electrons. The van der Waals surface area contributed by atoms with Gasteiger partial charge in [-0.15, -0.1) is 11.3 Å². The van der Waals surface area contributed by atoms with Crippen LogP contribution in [0.25, 0.3) is 10.2 Å². The fraction of sp³-hybridized carbons (Fsp3) is 0.222. The third-order valence-corrected chi connectivity index (χ3v) is 6.44. The van der Waals surface area contributed by atoms with Crippen molar-refractivity contribution < 1.29 is 13.2 Å². The van der Waals surface area contributed by atoms with Crippen LogP contribution in [0.5, 0.6) is 0 Å². The van der Waals surface area contributed by atoms with Crippen LogP contribution in [0.15, 0.2) is 52.9 Å². The summed E-state index contributed by atoms with van der Waals surface area (Å²) in [7, 11) is -3.32. The Labute approximate surface area is 166 Å². The molecule has 1 heterocycles. The Hall–Kier alpha value is -2.10. The lowest BCUT2D eigenvalue weighted by molar-refractivity contribution is -0.119. The van der Waals surface area contributed by atoms with Crippen molar-refractivity contribution in [3.05, 3.63) is 54.1 Å². The molecule has 0 saturated heterocycles. The first-order chi connectivity index (χ1) is 12.8. The van der Waals surface area contributed by atoms with E-state index in [1.54, 1.807) is 18.2 Å². The summed E-state index contributed by atoms with van der Waals surface area (Å²) in [6, 6.07) is 14.9. The highest BCUT2D eigenvalue weighted by molar-refractivity contribution is 8.01. The molecule has 0 aliphatic rings. The third kappa shape index (κ3) is 5.69. The molecule has 1 unspecified atom stereocenters. The Balaban J connectivity index is 1.60. The predicted molar refractivity (Wildman–Crippen MR) is 112 cm³/mol. The van der Waals surface area contributed by atoms with Crippen LogP contribution < -0.4 is 10.0 Å². The lowest BCUT2D eigenvalue weighted by Crippen LogP contribution is -2.28. The maximum Gasteiger partial charge on any atom is 0.230 e. The van der Waals surface area contributed by atoms with Gasteiger partial charge in [0.1, 0.15) is 0 Å². The topological polar surface area (TPSA) is 88.2 Å². The van der Waals surface area contributed by atoms with Crippen molar-refractivity contribution in [2.24, 2.45) is 0 Å². The fourth-order valence-electron chi connectivity index (χ4n) is 2.48. The monoisotopic (exact) mass is 421 g/mol. The summed E-state index contributed by atoms with van der Waals surface area (Å²) in [5, 5.41) is 2.98. The molecule has 1 aromatic heterocycles. The molecule has 6 nitrogen and oxygen atoms in total. The van der Waals surface area contributed by atoms with E-state index in [1.165, 1.54) is 23.1 Å². The van der Waals surface area contributed by atoms with Crippen LogP contribution >= 0.6 is 23.1 Å². The summed E-state index contributed by atoms with van der Waals surface area (Å²) >= 11 is 2.80. The average Bonchev–Trinajstić information content (AvgIpc) is 3.01. The van der Waals surface area contributed by atoms with Gasteiger partial charge in [-0.1, -0.05) is 42.1 Å². The molecule has 27 heavy (non-hydrogen) atoms. The van der Waals surface area contributed by atoms with Crippen LogP contribution in [0.4, 0.5) is 5.69 Å². The maximum atomic E-state index is 12.2. The van der Waals surface area contributed by atoms with Crippen LogP contribution in [-0.4, -0.2) is 31.3 Å². The van der Waals surface area contributed by atoms with E-state index in [0.717, 1.165) is 26.4 Å². The molecule has 2 aromatic carbocycles. The Morgan fingerprint density at radius 1 is 1.22 bits per heavy atom. The van der Waals surface area contributed by atoms with Crippen LogP contribution in [0.1, 0.15) is 18.5 Å². The summed E-state index contributed by atoms with van der Waals surface area (Å²) in [6.45, 7) is 1.95. The number of aromatic nitrogens is 1. The number of benzene rings is 2. The quantitative estimate of drug-likeness (QED) is 0.569. The smallest absolute Gasteiger partial charge is 0.230 e. The van der Waals surface area contributed by atoms with Gasteiger partial charge in [-0.05, 0) is 30.7 Å². The molecule has 1 amide bonds. The number of sulfonamides is 1. The largest absolute Gasteiger partial charge is 0.349 e. The van der Waals surface area contributed by atoms with Gasteiger partial charge in [0.15, 0.2) is 4.34 Å². The van der Waals surface area contributed by atoms with E-state index >= 15 is 0 Å². The van der Waals surface area contributed by atoms with Gasteiger partial charge >= 0.3 is 0 Å². The molecular formula is C18H19N3O3S3. The molecule has 0 spiro atoms. The van der Waals surface area contributed by atoms with Gasteiger partial charge < -0.3 is 5.32 Å². The molecule has 0 fully saturated rings. The molecule has 3 rings (SSSR count). The molecular weight excluding hydrogens is 402 g/mol. The minimum atomic E-state index is -3.32. The predicted octanol–water partition coefficient (Wildman–Crippen LogP) is 3.64. The molecule has 0 aliphatic carbocycles. The van der Waals surface area contributed by atoms with E-state index in [1.807, 2.05) is 37.3 Å². The lowest BCUT2D eigenvalue weighted by Gasteiger charge is -2.13. The van der Waals surface area contributed by atoms with Crippen molar-refractivity contribution in [1.82, 2.24) is 10.3 Å². The van der Waals surface area contributed by atoms with E-state index in [4.69, 9.17) is 0 Å². The summed E-state index contributed by atoms with van der Waals surface area (Å²) in [5.74, 6) is 0.209. The average molecular weight is 422 g/mol. The highest BCUT2D eigenvalue weighted by atomic mass is 32.2. The van der Waals surface area contributed by atoms with Crippen molar-refractivity contribution >= 4 is 54.9 Å². The van der Waals surface area contributed by atoms with Crippen LogP contribution in [0.2, 0.25) is 0 Å². The van der Waals surface area contributed by atoms with Crippen molar-refractivity contribution in [3.8, 4) is 0 Å². The Morgan fingerprint density at radius 2 is 1.96 bits per heavy atom. The van der Waals surface area contributed by atoms with E-state index in [2.05, 4.69) is 15.0 Å². The molecule has 0 radical (unpaired) electrons. The third-order valence-electron chi connectivity index (χ3n) is 3.68. The number of nitrogens with zero attached hydrogens (tertiary/aromatic N) is 1. The highest BCUT2D eigenvalue weighted by Gasteiger charge is 2.12. The Morgan fingerprint density at radius 3 is 2.67 bits per heavy atom. The van der Waals surface area contributed by atoms with Gasteiger partial charge in [0.05, 0.1) is 34.0 Å². The molecule has 3 aromatic rings. The fourth-order valence-corrected chi connectivity index (χ4v) is 4.95. The summed E-state index contributed by atoms with van der Waals surface area (Å²) in [5.41, 5.74) is 2.33. The zero-order chi connectivity index (χ0) is 19.4. The second kappa shape index (κ2) is 8.28. The zero-order valence-electron chi connectivity index (χ0n) is 14.8. The van der Waals surface area contributed by atoms with Gasteiger partial charge in [-0.25, -0.2) is 13.4 Å². The SMILES string of the molecule is CC(NC(=O)CSc1nc2ccc(NS(C)(=O)=O)cc2s1)c1ccccc1. The Bertz CT molecular complexity index is 1050. The summed E-state index contributed by atoms with van der Waals surface area (Å²) in [6.07, 6.45) is 1.11. The first-order valence-corrected chi connectivity index (χ1v) is 11.8. The number of thiazole rings is 1. The van der Waals surface area contributed by atoms with E-state index < -0.39 is 10.0 Å². The van der Waals surface area contributed by atoms with Crippen molar-refractivity contribution in [2.75, 3.05) is 16.7 Å². The number of nitrogens with one attached hydrogen (secondary N) is 2.